The maximum absolute atomic E-state index is 15.2. The number of hydrogen-bond donors (Lipinski definition) is 1. The molecule has 0 unspecified atom stereocenters. The first-order valence-electron chi connectivity index (χ1n) is 14.4. The topological polar surface area (TPSA) is 88.1 Å². The van der Waals surface area contributed by atoms with E-state index in [-0.39, 0.29) is 17.7 Å². The number of rotatable bonds is 10. The molecule has 0 aliphatic carbocycles. The number of fused-ring (bicyclic) bond motifs is 8. The van der Waals surface area contributed by atoms with Crippen molar-refractivity contribution in [1.82, 2.24) is 4.90 Å². The summed E-state index contributed by atoms with van der Waals surface area (Å²) in [6.45, 7) is 2.55. The molecule has 0 amide bonds. The first-order chi connectivity index (χ1) is 21.6. The van der Waals surface area contributed by atoms with E-state index in [9.17, 15) is 13.9 Å². The van der Waals surface area contributed by atoms with E-state index in [4.69, 9.17) is 33.2 Å². The number of benzene rings is 3. The molecule has 0 radical (unpaired) electrons. The lowest BCUT2D eigenvalue weighted by molar-refractivity contribution is -0.209. The Morgan fingerprint density at radius 2 is 1.31 bits per heavy atom. The lowest BCUT2D eigenvalue weighted by Crippen LogP contribution is -2.44. The van der Waals surface area contributed by atoms with Crippen LogP contribution in [0.4, 0.5) is 17.6 Å². The predicted octanol–water partition coefficient (Wildman–Crippen LogP) is 5.24. The van der Waals surface area contributed by atoms with E-state index >= 15 is 8.78 Å². The van der Waals surface area contributed by atoms with Gasteiger partial charge in [-0.2, -0.15) is 17.6 Å². The Kier molecular flexibility index (Phi) is 8.46. The number of methoxy groups -OCH3 is 2. The molecule has 13 heteroatoms. The van der Waals surface area contributed by atoms with Gasteiger partial charge in [-0.3, -0.25) is 4.90 Å². The maximum Gasteiger partial charge on any atom is 0.231 e. The Bertz CT molecular complexity index is 1490. The molecule has 0 aromatic heterocycles. The average molecular weight is 636 g/mol. The number of halogens is 4. The van der Waals surface area contributed by atoms with Gasteiger partial charge in [0.15, 0.2) is 28.8 Å². The molecule has 8 rings (SSSR count). The lowest BCUT2D eigenvalue weighted by atomic mass is 9.71. The number of nitrogens with zero attached hydrogens (tertiary/aromatic N) is 1. The third kappa shape index (κ3) is 5.62. The van der Waals surface area contributed by atoms with Crippen molar-refractivity contribution in [2.24, 2.45) is 5.92 Å². The van der Waals surface area contributed by atoms with Crippen molar-refractivity contribution >= 4 is 0 Å². The molecule has 3 aromatic carbocycles. The first kappa shape index (κ1) is 31.2. The minimum absolute atomic E-state index is 0.176. The quantitative estimate of drug-likeness (QED) is 0.238. The van der Waals surface area contributed by atoms with Crippen LogP contribution in [0, 0.1) is 29.2 Å². The van der Waals surface area contributed by atoms with Gasteiger partial charge in [0.05, 0.1) is 0 Å². The molecule has 1 N–H and O–H groups in total. The van der Waals surface area contributed by atoms with Crippen molar-refractivity contribution in [2.75, 3.05) is 47.5 Å². The van der Waals surface area contributed by atoms with E-state index in [1.165, 1.54) is 0 Å². The van der Waals surface area contributed by atoms with E-state index in [1.54, 1.807) is 21.1 Å². The highest BCUT2D eigenvalue weighted by Crippen LogP contribution is 2.53. The second kappa shape index (κ2) is 12.2. The zero-order chi connectivity index (χ0) is 31.9. The second-order valence-corrected chi connectivity index (χ2v) is 11.4. The Morgan fingerprint density at radius 1 is 0.800 bits per heavy atom. The Morgan fingerprint density at radius 3 is 1.80 bits per heavy atom. The largest absolute Gasteiger partial charge is 0.488 e. The van der Waals surface area contributed by atoms with Gasteiger partial charge in [0.2, 0.25) is 36.9 Å². The van der Waals surface area contributed by atoms with Crippen molar-refractivity contribution in [1.29, 1.82) is 0 Å². The standard InChI is InChI=1S/C32H33F4NO8/c1-31(39-2,40-3)15-41-20-6-4-18(5-7-20)14-37-10-8-19(9-11-37)32(38,21-12-23-25(33)27(35)29(21)44-16-42-23)22-13-24-26(34)28(36)30(22)45-17-43-24/h4-7,12-13,19,38H,8-11,14-17H2,1-3H3. The van der Waals surface area contributed by atoms with Gasteiger partial charge in [-0.1, -0.05) is 12.1 Å². The number of piperidine rings is 1. The third-order valence-electron chi connectivity index (χ3n) is 8.79. The molecule has 45 heavy (non-hydrogen) atoms. The van der Waals surface area contributed by atoms with Crippen LogP contribution in [0.5, 0.6) is 28.7 Å². The van der Waals surface area contributed by atoms with Gasteiger partial charge >= 0.3 is 0 Å². The van der Waals surface area contributed by atoms with Crippen LogP contribution in [-0.2, 0) is 21.6 Å². The fourth-order valence-electron chi connectivity index (χ4n) is 5.99. The molecule has 0 spiro atoms. The summed E-state index contributed by atoms with van der Waals surface area (Å²) in [6.07, 6.45) is 0.709. The zero-order valence-corrected chi connectivity index (χ0v) is 25.0. The molecule has 0 saturated carbocycles. The van der Waals surface area contributed by atoms with Crippen LogP contribution in [0.15, 0.2) is 36.4 Å². The second-order valence-electron chi connectivity index (χ2n) is 11.4. The summed E-state index contributed by atoms with van der Waals surface area (Å²) in [7, 11) is 3.08. The highest BCUT2D eigenvalue weighted by Gasteiger charge is 2.49. The molecular formula is C32H33F4NO8. The van der Waals surface area contributed by atoms with Crippen LogP contribution >= 0.6 is 0 Å². The van der Waals surface area contributed by atoms with E-state index in [0.717, 1.165) is 17.7 Å². The van der Waals surface area contributed by atoms with Crippen LogP contribution in [-0.4, -0.2) is 63.3 Å². The summed E-state index contributed by atoms with van der Waals surface area (Å²) in [6, 6.07) is 9.87. The molecule has 9 nitrogen and oxygen atoms in total. The SMILES string of the molecule is COC(C)(COc1ccc(CN2CCC(C(O)(c3cc4c(F)c(F)c3OCO4)c3cc4c(F)c(F)c3OCO4)CC2)cc1)OC. The van der Waals surface area contributed by atoms with E-state index in [1.807, 2.05) is 24.3 Å². The maximum atomic E-state index is 15.2. The molecule has 1 fully saturated rings. The van der Waals surface area contributed by atoms with Crippen molar-refractivity contribution in [3.8, 4) is 28.7 Å². The summed E-state index contributed by atoms with van der Waals surface area (Å²) in [5.41, 5.74) is -1.53. The molecule has 5 aliphatic heterocycles. The van der Waals surface area contributed by atoms with Gasteiger partial charge in [0, 0.05) is 31.9 Å². The molecular weight excluding hydrogens is 602 g/mol. The van der Waals surface area contributed by atoms with Crippen LogP contribution in [0.25, 0.3) is 0 Å². The Hall–Kier alpha value is -3.78. The molecule has 1 saturated heterocycles. The molecule has 0 atom stereocenters. The summed E-state index contributed by atoms with van der Waals surface area (Å²) < 4.78 is 97.1. The highest BCUT2D eigenvalue weighted by molar-refractivity contribution is 5.57. The minimum atomic E-state index is -2.19. The Balaban J connectivity index is 1.25. The molecule has 5 heterocycles. The number of aliphatic hydroxyl groups is 1. The van der Waals surface area contributed by atoms with Gasteiger partial charge < -0.3 is 38.3 Å². The molecule has 3 aromatic rings. The normalized spacial score (nSPS) is 16.8. The molecule has 242 valence electrons. The van der Waals surface area contributed by atoms with Gasteiger partial charge in [-0.05, 0) is 68.6 Å². The first-order valence-corrected chi connectivity index (χ1v) is 14.4. The lowest BCUT2D eigenvalue weighted by Gasteiger charge is -2.42. The van der Waals surface area contributed by atoms with Crippen molar-refractivity contribution in [3.05, 3.63) is 76.4 Å². The molecule has 4 bridgehead atoms. The van der Waals surface area contributed by atoms with Crippen LogP contribution in [0.3, 0.4) is 0 Å². The van der Waals surface area contributed by atoms with E-state index < -0.39 is 77.2 Å². The minimum Gasteiger partial charge on any atom is -0.488 e. The van der Waals surface area contributed by atoms with E-state index in [0.29, 0.717) is 38.2 Å². The summed E-state index contributed by atoms with van der Waals surface area (Å²) in [5.74, 6) is -8.25. The fraction of sp³-hybridized carbons (Fsp3) is 0.438. The summed E-state index contributed by atoms with van der Waals surface area (Å²) in [5, 5.41) is 12.6. The summed E-state index contributed by atoms with van der Waals surface area (Å²) >= 11 is 0. The number of hydrogen-bond acceptors (Lipinski definition) is 9. The highest BCUT2D eigenvalue weighted by atomic mass is 19.2. The van der Waals surface area contributed by atoms with Gasteiger partial charge in [-0.25, -0.2) is 0 Å². The Labute approximate surface area is 257 Å². The fourth-order valence-corrected chi connectivity index (χ4v) is 5.99. The van der Waals surface area contributed by atoms with Crippen molar-refractivity contribution < 1.29 is 55.8 Å². The average Bonchev–Trinajstić information content (AvgIpc) is 3.53. The van der Waals surface area contributed by atoms with Crippen molar-refractivity contribution in [2.45, 2.75) is 37.7 Å². The number of likely N-dealkylation sites (tertiary alicyclic amines) is 1. The summed E-state index contributed by atoms with van der Waals surface area (Å²) in [4.78, 5) is 2.17. The van der Waals surface area contributed by atoms with Crippen molar-refractivity contribution in [3.63, 3.8) is 0 Å². The monoisotopic (exact) mass is 635 g/mol. The van der Waals surface area contributed by atoms with Gasteiger partial charge in [0.1, 0.15) is 18.0 Å². The molecule has 5 aliphatic rings. The van der Waals surface area contributed by atoms with Crippen LogP contribution < -0.4 is 23.7 Å². The predicted molar refractivity (Wildman–Crippen MR) is 150 cm³/mol. The van der Waals surface area contributed by atoms with Crippen LogP contribution in [0.1, 0.15) is 36.5 Å². The van der Waals surface area contributed by atoms with E-state index in [2.05, 4.69) is 4.90 Å². The van der Waals surface area contributed by atoms with Crippen LogP contribution in [0.2, 0.25) is 0 Å². The third-order valence-corrected chi connectivity index (χ3v) is 8.79. The zero-order valence-electron chi connectivity index (χ0n) is 25.0. The van der Waals surface area contributed by atoms with Gasteiger partial charge in [0.25, 0.3) is 0 Å². The van der Waals surface area contributed by atoms with Gasteiger partial charge in [-0.15, -0.1) is 0 Å². The number of ether oxygens (including phenoxy) is 7. The smallest absolute Gasteiger partial charge is 0.231 e.